The van der Waals surface area contributed by atoms with Crippen LogP contribution in [0.3, 0.4) is 0 Å². The fourth-order valence-corrected chi connectivity index (χ4v) is 0. The van der Waals surface area contributed by atoms with Crippen LogP contribution in [-0.4, -0.2) is 20.0 Å². The summed E-state index contributed by atoms with van der Waals surface area (Å²) in [4.78, 5) is 0. The van der Waals surface area contributed by atoms with Crippen molar-refractivity contribution in [2.45, 2.75) is 0 Å². The zero-order chi connectivity index (χ0) is 10.8. The van der Waals surface area contributed by atoms with E-state index in [2.05, 4.69) is 35.4 Å². The number of rotatable bonds is 0. The molecule has 0 bridgehead atoms. The quantitative estimate of drug-likeness (QED) is 0.397. The van der Waals surface area contributed by atoms with Gasteiger partial charge in [-0.25, -0.2) is 0 Å². The molecule has 0 rings (SSSR count). The molecule has 0 atom stereocenters. The second kappa shape index (κ2) is 56.2. The minimum absolute atomic E-state index is 1.00. The van der Waals surface area contributed by atoms with Crippen LogP contribution < -0.4 is 3.94 Å². The number of halogens is 1. The van der Waals surface area contributed by atoms with E-state index in [9.17, 15) is 0 Å². The first-order valence-corrected chi connectivity index (χ1v) is 10.2. The summed E-state index contributed by atoms with van der Waals surface area (Å²) in [5, 5.41) is 0. The van der Waals surface area contributed by atoms with Gasteiger partial charge in [0.05, 0.1) is 0 Å². The lowest BCUT2D eigenvalue weighted by Gasteiger charge is -1.25. The molecular formula is C3H11INP3S3. The summed E-state index contributed by atoms with van der Waals surface area (Å²) in [6.45, 7) is 5.74. The highest BCUT2D eigenvalue weighted by molar-refractivity contribution is 14.1. The largest absolute Gasteiger partial charge is 0.275 e. The predicted molar refractivity (Wildman–Crippen MR) is 78.8 cm³/mol. The number of hydrogen-bond donors (Lipinski definition) is 1. The van der Waals surface area contributed by atoms with E-state index in [-0.39, 0.29) is 0 Å². The lowest BCUT2D eigenvalue weighted by molar-refractivity contribution is 2.18. The van der Waals surface area contributed by atoms with Crippen molar-refractivity contribution in [3.05, 3.63) is 0 Å². The summed E-state index contributed by atoms with van der Waals surface area (Å²) in [6, 6.07) is 0. The molecule has 2 N–H and O–H groups in total. The van der Waals surface area contributed by atoms with Gasteiger partial charge >= 0.3 is 0 Å². The first-order chi connectivity index (χ1) is 5.66. The van der Waals surface area contributed by atoms with Crippen molar-refractivity contribution in [3.8, 4) is 0 Å². The van der Waals surface area contributed by atoms with Gasteiger partial charge in [0.1, 0.15) is 1.41 Å². The minimum Gasteiger partial charge on any atom is -0.275 e. The molecule has 0 saturated heterocycles. The highest BCUT2D eigenvalue weighted by atomic mass is 127. The maximum Gasteiger partial charge on any atom is 0.131 e. The van der Waals surface area contributed by atoms with Crippen molar-refractivity contribution in [3.63, 3.8) is 0 Å². The lowest BCUT2D eigenvalue weighted by atomic mass is 12.0. The van der Waals surface area contributed by atoms with Crippen LogP contribution in [0.4, 0.5) is 0 Å². The summed E-state index contributed by atoms with van der Waals surface area (Å²) in [7, 11) is 3.00. The molecule has 0 amide bonds. The van der Waals surface area contributed by atoms with Gasteiger partial charge in [-0.3, -0.25) is 3.94 Å². The fraction of sp³-hybridized carbons (Fsp3) is 1.00. The van der Waals surface area contributed by atoms with Crippen molar-refractivity contribution in [1.29, 1.82) is 0 Å². The molecule has 11 heavy (non-hydrogen) atoms. The predicted octanol–water partition coefficient (Wildman–Crippen LogP) is 3.37. The molecule has 68 valence electrons. The molecule has 0 aliphatic heterocycles. The molecule has 1 nitrogen and oxygen atoms in total. The minimum atomic E-state index is 1.00. The Hall–Kier alpha value is 2.25. The lowest BCUT2D eigenvalue weighted by Crippen LogP contribution is -1.45. The van der Waals surface area contributed by atoms with E-state index in [1.54, 1.807) is 22.9 Å². The smallest absolute Gasteiger partial charge is 0.131 e. The van der Waals surface area contributed by atoms with E-state index in [1.165, 1.54) is 0 Å². The van der Waals surface area contributed by atoms with Gasteiger partial charge in [0.25, 0.3) is 0 Å². The van der Waals surface area contributed by atoms with E-state index >= 15 is 0 Å². The molecule has 0 saturated carbocycles. The first kappa shape index (κ1) is 18.9. The van der Waals surface area contributed by atoms with Crippen LogP contribution in [0.25, 0.3) is 0 Å². The van der Waals surface area contributed by atoms with Crippen molar-refractivity contribution in [2.75, 3.05) is 20.0 Å². The van der Waals surface area contributed by atoms with Gasteiger partial charge in [0, 0.05) is 22.9 Å². The second-order valence-electron chi connectivity index (χ2n) is 0.548. The van der Waals surface area contributed by atoms with Crippen LogP contribution in [0.15, 0.2) is 0 Å². The molecule has 8 heteroatoms. The third-order valence-electron chi connectivity index (χ3n) is 0. The van der Waals surface area contributed by atoms with Gasteiger partial charge in [-0.05, 0) is 42.1 Å². The van der Waals surface area contributed by atoms with E-state index < -0.39 is 0 Å². The van der Waals surface area contributed by atoms with Gasteiger partial charge in [-0.1, -0.05) is 35.4 Å². The fourth-order valence-electron chi connectivity index (χ4n) is 0. The normalized spacial score (nSPS) is 7.45. The van der Waals surface area contributed by atoms with Crippen LogP contribution >= 0.6 is 44.9 Å². The standard InChI is InChI=1S/3CH3PS.H2IN/c3*1-2-3;1-2/h3*1H3;2H2/i/hT. The second-order valence-corrected chi connectivity index (χ2v) is 4.93. The number of nitrogens with two attached hydrogens (primary N) is 1. The van der Waals surface area contributed by atoms with E-state index in [0.29, 0.717) is 0 Å². The molecule has 0 unspecified atom stereocenters. The first-order valence-electron chi connectivity index (χ1n) is 2.58. The maximum atomic E-state index is 5.94. The summed E-state index contributed by atoms with van der Waals surface area (Å²) in [6.07, 6.45) is 0. The summed E-state index contributed by atoms with van der Waals surface area (Å²) in [5.41, 5.74) is 0. The van der Waals surface area contributed by atoms with E-state index in [0.717, 1.165) is 22.1 Å². The summed E-state index contributed by atoms with van der Waals surface area (Å²) in [5.74, 6) is 0. The topological polar surface area (TPSA) is 26.0 Å². The molecule has 0 aliphatic rings. The van der Waals surface area contributed by atoms with Crippen LogP contribution in [0, 0.1) is 0 Å². The van der Waals surface area contributed by atoms with Crippen molar-refractivity contribution in [2.24, 2.45) is 3.94 Å². The third kappa shape index (κ3) is 254. The van der Waals surface area contributed by atoms with Gasteiger partial charge in [-0.15, -0.1) is 0 Å². The SMILES string of the molecule is CP=S.CP=S.CP=S.[3H]NI. The van der Waals surface area contributed by atoms with Crippen LogP contribution in [0.5, 0.6) is 0 Å². The Bertz CT molecular complexity index is 74.9. The third-order valence-corrected chi connectivity index (χ3v) is 0. The molecule has 0 aliphatic carbocycles. The monoisotopic (exact) mass is 379 g/mol. The van der Waals surface area contributed by atoms with E-state index in [4.69, 9.17) is 1.41 Å². The zero-order valence-corrected chi connectivity index (χ0v) is 13.7. The van der Waals surface area contributed by atoms with Crippen molar-refractivity contribution < 1.29 is 1.41 Å². The average Bonchev–Trinajstić information content (AvgIpc) is 1.92. The number of hydrogen-bond acceptors (Lipinski definition) is 4. The molecule has 0 aromatic rings. The summed E-state index contributed by atoms with van der Waals surface area (Å²) < 4.78 is 7.92. The van der Waals surface area contributed by atoms with Crippen molar-refractivity contribution in [1.82, 2.24) is 0 Å². The van der Waals surface area contributed by atoms with Gasteiger partial charge in [-0.2, -0.15) is 0 Å². The molecule has 0 radical (unpaired) electrons. The molecule has 0 spiro atoms. The van der Waals surface area contributed by atoms with Crippen LogP contribution in [-0.2, 0) is 35.4 Å². The van der Waals surface area contributed by atoms with Gasteiger partial charge < -0.3 is 0 Å². The summed E-state index contributed by atoms with van der Waals surface area (Å²) >= 11 is 14.8. The van der Waals surface area contributed by atoms with E-state index in [1.807, 2.05) is 23.9 Å². The molecular weight excluding hydrogens is 366 g/mol. The van der Waals surface area contributed by atoms with Gasteiger partial charge in [0.15, 0.2) is 0 Å². The maximum absolute atomic E-state index is 5.94. The Morgan fingerprint density at radius 2 is 1.09 bits per heavy atom. The van der Waals surface area contributed by atoms with Crippen LogP contribution in [0.2, 0.25) is 1.41 Å². The van der Waals surface area contributed by atoms with Crippen molar-refractivity contribution >= 4 is 80.4 Å². The van der Waals surface area contributed by atoms with Gasteiger partial charge in [0.2, 0.25) is 0 Å². The molecule has 0 fully saturated rings. The average molecular weight is 379 g/mol. The molecule has 0 aromatic carbocycles. The Morgan fingerprint density at radius 1 is 1.09 bits per heavy atom. The Labute approximate surface area is 105 Å². The Morgan fingerprint density at radius 3 is 1.09 bits per heavy atom. The molecule has 0 aromatic heterocycles. The Kier molecular flexibility index (Phi) is 96.8. The van der Waals surface area contributed by atoms with Crippen LogP contribution in [0.1, 0.15) is 0 Å². The Balaban J connectivity index is -0.0000000356. The highest BCUT2D eigenvalue weighted by Crippen LogP contribution is 1.69. The molecule has 0 heterocycles. The highest BCUT2D eigenvalue weighted by Gasteiger charge is 1.20. The zero-order valence-electron chi connectivity index (χ0n) is 7.44.